The van der Waals surface area contributed by atoms with E-state index in [9.17, 15) is 9.59 Å². The van der Waals surface area contributed by atoms with Crippen molar-refractivity contribution in [3.63, 3.8) is 0 Å². The molecule has 2 unspecified atom stereocenters. The maximum atomic E-state index is 13.7. The zero-order chi connectivity index (χ0) is 23.2. The van der Waals surface area contributed by atoms with Crippen LogP contribution >= 0.6 is 0 Å². The fourth-order valence-corrected chi connectivity index (χ4v) is 4.70. The van der Waals surface area contributed by atoms with Crippen molar-refractivity contribution < 1.29 is 28.2 Å². The van der Waals surface area contributed by atoms with E-state index in [-0.39, 0.29) is 36.3 Å². The second-order valence-electron chi connectivity index (χ2n) is 8.58. The van der Waals surface area contributed by atoms with E-state index in [4.69, 9.17) is 18.6 Å². The van der Waals surface area contributed by atoms with Crippen LogP contribution in [0.3, 0.4) is 0 Å². The highest BCUT2D eigenvalue weighted by Crippen LogP contribution is 2.34. The normalized spacial score (nSPS) is 19.3. The predicted molar refractivity (Wildman–Crippen MR) is 121 cm³/mol. The summed E-state index contributed by atoms with van der Waals surface area (Å²) in [7, 11) is 3.11. The lowest BCUT2D eigenvalue weighted by Crippen LogP contribution is -2.48. The maximum Gasteiger partial charge on any atom is 0.290 e. The summed E-state index contributed by atoms with van der Waals surface area (Å²) in [6.45, 7) is 0.944. The van der Waals surface area contributed by atoms with Gasteiger partial charge in [-0.25, -0.2) is 0 Å². The monoisotopic (exact) mass is 456 g/mol. The van der Waals surface area contributed by atoms with Gasteiger partial charge in [0.15, 0.2) is 17.3 Å². The van der Waals surface area contributed by atoms with E-state index in [1.165, 1.54) is 6.26 Å². The first-order valence-electron chi connectivity index (χ1n) is 11.6. The van der Waals surface area contributed by atoms with Crippen LogP contribution < -0.4 is 14.8 Å². The number of carbonyl (C=O) groups excluding carboxylic acids is 2. The summed E-state index contributed by atoms with van der Waals surface area (Å²) in [4.78, 5) is 28.8. The molecule has 1 saturated carbocycles. The molecule has 1 aromatic carbocycles. The topological polar surface area (TPSA) is 90.2 Å². The first-order chi connectivity index (χ1) is 16.1. The summed E-state index contributed by atoms with van der Waals surface area (Å²) in [5.41, 5.74) is 0.640. The van der Waals surface area contributed by atoms with Gasteiger partial charge in [0.2, 0.25) is 5.91 Å². The third-order valence-electron chi connectivity index (χ3n) is 6.40. The molecule has 2 aliphatic rings. The molecule has 8 nitrogen and oxygen atoms in total. The Bertz CT molecular complexity index is 932. The Morgan fingerprint density at radius 2 is 1.88 bits per heavy atom. The van der Waals surface area contributed by atoms with Gasteiger partial charge in [0.1, 0.15) is 6.04 Å². The highest BCUT2D eigenvalue weighted by atomic mass is 16.5. The van der Waals surface area contributed by atoms with Gasteiger partial charge in [-0.05, 0) is 55.5 Å². The van der Waals surface area contributed by atoms with E-state index in [2.05, 4.69) is 5.32 Å². The SMILES string of the molecule is COc1ccc(C(C(=O)NC2CCCC2)N(CC2CCCO2)C(=O)c2ccco2)cc1OC. The molecule has 2 amide bonds. The van der Waals surface area contributed by atoms with Crippen molar-refractivity contribution in [2.75, 3.05) is 27.4 Å². The molecule has 2 fully saturated rings. The summed E-state index contributed by atoms with van der Waals surface area (Å²) in [5.74, 6) is 0.673. The highest BCUT2D eigenvalue weighted by Gasteiger charge is 2.37. The summed E-state index contributed by atoms with van der Waals surface area (Å²) >= 11 is 0. The quantitative estimate of drug-likeness (QED) is 0.619. The molecule has 1 aromatic heterocycles. The molecule has 0 bridgehead atoms. The van der Waals surface area contributed by atoms with E-state index >= 15 is 0 Å². The van der Waals surface area contributed by atoms with Gasteiger partial charge in [-0.3, -0.25) is 9.59 Å². The Balaban J connectivity index is 1.73. The van der Waals surface area contributed by atoms with Crippen LogP contribution in [0.4, 0.5) is 0 Å². The third-order valence-corrected chi connectivity index (χ3v) is 6.40. The van der Waals surface area contributed by atoms with Crippen molar-refractivity contribution in [1.29, 1.82) is 0 Å². The molecule has 2 atom stereocenters. The molecule has 33 heavy (non-hydrogen) atoms. The Hall–Kier alpha value is -3.00. The molecular formula is C25H32N2O6. The standard InChI is InChI=1S/C25H32N2O6/c1-30-20-12-11-17(15-22(20)31-2)23(24(28)26-18-7-3-4-8-18)27(16-19-9-5-13-32-19)25(29)21-10-6-14-33-21/h6,10-12,14-15,18-19,23H,3-5,7-9,13,16H2,1-2H3,(H,26,28). The molecule has 0 spiro atoms. The second-order valence-corrected chi connectivity index (χ2v) is 8.58. The molecule has 1 N–H and O–H groups in total. The number of benzene rings is 1. The second kappa shape index (κ2) is 10.7. The number of nitrogens with one attached hydrogen (secondary N) is 1. The van der Waals surface area contributed by atoms with Gasteiger partial charge in [-0.1, -0.05) is 18.9 Å². The first-order valence-corrected chi connectivity index (χ1v) is 11.6. The number of furan rings is 1. The number of hydrogen-bond donors (Lipinski definition) is 1. The minimum absolute atomic E-state index is 0.114. The molecule has 2 aromatic rings. The lowest BCUT2D eigenvalue weighted by Gasteiger charge is -2.33. The number of methoxy groups -OCH3 is 2. The number of amides is 2. The van der Waals surface area contributed by atoms with Gasteiger partial charge in [0.25, 0.3) is 5.91 Å². The van der Waals surface area contributed by atoms with Crippen molar-refractivity contribution in [2.24, 2.45) is 0 Å². The zero-order valence-electron chi connectivity index (χ0n) is 19.2. The van der Waals surface area contributed by atoms with Gasteiger partial charge >= 0.3 is 0 Å². The molecule has 0 radical (unpaired) electrons. The van der Waals surface area contributed by atoms with Crippen LogP contribution in [0.15, 0.2) is 41.0 Å². The average Bonchev–Trinajstić information content (AvgIpc) is 3.62. The Morgan fingerprint density at radius 3 is 2.52 bits per heavy atom. The fourth-order valence-electron chi connectivity index (χ4n) is 4.70. The van der Waals surface area contributed by atoms with E-state index in [1.807, 2.05) is 0 Å². The number of hydrogen-bond acceptors (Lipinski definition) is 6. The molecule has 178 valence electrons. The lowest BCUT2D eigenvalue weighted by atomic mass is 10.0. The molecule has 1 saturated heterocycles. The van der Waals surface area contributed by atoms with E-state index in [1.54, 1.807) is 49.5 Å². The summed E-state index contributed by atoms with van der Waals surface area (Å²) < 4.78 is 22.1. The van der Waals surface area contributed by atoms with E-state index in [0.717, 1.165) is 38.5 Å². The Kier molecular flexibility index (Phi) is 7.54. The van der Waals surface area contributed by atoms with Gasteiger partial charge in [0, 0.05) is 19.2 Å². The molecular weight excluding hydrogens is 424 g/mol. The number of carbonyl (C=O) groups is 2. The first kappa shape index (κ1) is 23.2. The van der Waals surface area contributed by atoms with E-state index < -0.39 is 6.04 Å². The molecule has 1 aliphatic carbocycles. The molecule has 2 heterocycles. The number of ether oxygens (including phenoxy) is 3. The van der Waals surface area contributed by atoms with Crippen molar-refractivity contribution in [3.8, 4) is 11.5 Å². The van der Waals surface area contributed by atoms with Crippen LogP contribution in [0.25, 0.3) is 0 Å². The van der Waals surface area contributed by atoms with Gasteiger partial charge < -0.3 is 28.8 Å². The van der Waals surface area contributed by atoms with Crippen LogP contribution in [0, 0.1) is 0 Å². The highest BCUT2D eigenvalue weighted by molar-refractivity contribution is 5.96. The summed E-state index contributed by atoms with van der Waals surface area (Å²) in [6, 6.07) is 7.85. The summed E-state index contributed by atoms with van der Waals surface area (Å²) in [6.07, 6.45) is 7.18. The molecule has 1 aliphatic heterocycles. The maximum absolute atomic E-state index is 13.7. The number of nitrogens with zero attached hydrogens (tertiary/aromatic N) is 1. The number of rotatable bonds is 9. The molecule has 4 rings (SSSR count). The van der Waals surface area contributed by atoms with Crippen molar-refractivity contribution >= 4 is 11.8 Å². The minimum Gasteiger partial charge on any atom is -0.493 e. The van der Waals surface area contributed by atoms with Crippen molar-refractivity contribution in [2.45, 2.75) is 56.7 Å². The minimum atomic E-state index is -0.868. The van der Waals surface area contributed by atoms with Gasteiger partial charge in [-0.2, -0.15) is 0 Å². The van der Waals surface area contributed by atoms with Crippen molar-refractivity contribution in [3.05, 3.63) is 47.9 Å². The van der Waals surface area contributed by atoms with Crippen LogP contribution in [0.5, 0.6) is 11.5 Å². The Labute approximate surface area is 194 Å². The third kappa shape index (κ3) is 5.33. The van der Waals surface area contributed by atoms with Gasteiger partial charge in [0.05, 0.1) is 26.6 Å². The summed E-state index contributed by atoms with van der Waals surface area (Å²) in [5, 5.41) is 3.17. The van der Waals surface area contributed by atoms with Crippen LogP contribution in [0.2, 0.25) is 0 Å². The largest absolute Gasteiger partial charge is 0.493 e. The van der Waals surface area contributed by atoms with Crippen LogP contribution in [-0.2, 0) is 9.53 Å². The molecule has 8 heteroatoms. The van der Waals surface area contributed by atoms with E-state index in [0.29, 0.717) is 23.7 Å². The van der Waals surface area contributed by atoms with Crippen molar-refractivity contribution in [1.82, 2.24) is 10.2 Å². The zero-order valence-corrected chi connectivity index (χ0v) is 19.2. The van der Waals surface area contributed by atoms with Crippen LogP contribution in [-0.4, -0.2) is 56.2 Å². The average molecular weight is 457 g/mol. The lowest BCUT2D eigenvalue weighted by molar-refractivity contribution is -0.127. The van der Waals surface area contributed by atoms with Crippen LogP contribution in [0.1, 0.15) is 60.7 Å². The Morgan fingerprint density at radius 1 is 1.09 bits per heavy atom. The fraction of sp³-hybridized carbons (Fsp3) is 0.520. The predicted octanol–water partition coefficient (Wildman–Crippen LogP) is 3.72. The smallest absolute Gasteiger partial charge is 0.290 e. The van der Waals surface area contributed by atoms with Gasteiger partial charge in [-0.15, -0.1) is 0 Å².